The Kier molecular flexibility index (Phi) is 4.70. The average Bonchev–Trinajstić information content (AvgIpc) is 3.33. The number of aromatic nitrogens is 3. The highest BCUT2D eigenvalue weighted by Gasteiger charge is 2.23. The van der Waals surface area contributed by atoms with E-state index in [0.717, 1.165) is 25.4 Å². The van der Waals surface area contributed by atoms with Gasteiger partial charge in [0.25, 0.3) is 0 Å². The van der Waals surface area contributed by atoms with Gasteiger partial charge < -0.3 is 4.57 Å². The Morgan fingerprint density at radius 3 is 2.72 bits per heavy atom. The zero-order valence-corrected chi connectivity index (χ0v) is 14.9. The SMILES string of the molecule is Cn1nccc1CC1CCN(Cc2ccn(Cc3ccccc3)c2)C1. The maximum atomic E-state index is 4.28. The first kappa shape index (κ1) is 16.2. The highest BCUT2D eigenvalue weighted by Crippen LogP contribution is 2.22. The van der Waals surface area contributed by atoms with Gasteiger partial charge >= 0.3 is 0 Å². The van der Waals surface area contributed by atoms with Crippen molar-refractivity contribution < 1.29 is 0 Å². The molecule has 0 bridgehead atoms. The summed E-state index contributed by atoms with van der Waals surface area (Å²) in [6, 6.07) is 15.1. The maximum absolute atomic E-state index is 4.28. The fourth-order valence-corrected chi connectivity index (χ4v) is 3.86. The van der Waals surface area contributed by atoms with Crippen molar-refractivity contribution in [2.24, 2.45) is 13.0 Å². The van der Waals surface area contributed by atoms with E-state index in [1.165, 1.54) is 36.3 Å². The molecule has 4 nitrogen and oxygen atoms in total. The third-order valence-corrected chi connectivity index (χ3v) is 5.22. The molecule has 0 N–H and O–H groups in total. The molecule has 1 unspecified atom stereocenters. The van der Waals surface area contributed by atoms with Crippen molar-refractivity contribution in [3.63, 3.8) is 0 Å². The highest BCUT2D eigenvalue weighted by atomic mass is 15.3. The van der Waals surface area contributed by atoms with Crippen LogP contribution in [0, 0.1) is 5.92 Å². The van der Waals surface area contributed by atoms with Crippen molar-refractivity contribution in [3.05, 3.63) is 77.9 Å². The fraction of sp³-hybridized carbons (Fsp3) is 0.381. The first-order valence-electron chi connectivity index (χ1n) is 9.14. The first-order chi connectivity index (χ1) is 12.3. The minimum atomic E-state index is 0.752. The molecule has 1 aromatic carbocycles. The smallest absolute Gasteiger partial charge is 0.0492 e. The van der Waals surface area contributed by atoms with E-state index in [2.05, 4.69) is 69.4 Å². The number of hydrogen-bond acceptors (Lipinski definition) is 2. The largest absolute Gasteiger partial charge is 0.350 e. The van der Waals surface area contributed by atoms with Crippen LogP contribution in [-0.4, -0.2) is 32.3 Å². The summed E-state index contributed by atoms with van der Waals surface area (Å²) in [5.74, 6) is 0.752. The minimum Gasteiger partial charge on any atom is -0.350 e. The van der Waals surface area contributed by atoms with Gasteiger partial charge in [0, 0.05) is 51.0 Å². The lowest BCUT2D eigenvalue weighted by Gasteiger charge is -2.15. The minimum absolute atomic E-state index is 0.752. The number of rotatable bonds is 6. The Bertz CT molecular complexity index is 802. The van der Waals surface area contributed by atoms with Gasteiger partial charge in [-0.25, -0.2) is 0 Å². The molecule has 1 saturated heterocycles. The van der Waals surface area contributed by atoms with E-state index >= 15 is 0 Å². The lowest BCUT2D eigenvalue weighted by atomic mass is 10.0. The molecule has 2 aromatic heterocycles. The van der Waals surface area contributed by atoms with E-state index in [-0.39, 0.29) is 0 Å². The lowest BCUT2D eigenvalue weighted by molar-refractivity contribution is 0.315. The molecule has 3 heterocycles. The third-order valence-electron chi connectivity index (χ3n) is 5.22. The summed E-state index contributed by atoms with van der Waals surface area (Å²) in [6.45, 7) is 4.40. The molecule has 1 aliphatic heterocycles. The summed E-state index contributed by atoms with van der Waals surface area (Å²) < 4.78 is 4.29. The molecule has 0 saturated carbocycles. The van der Waals surface area contributed by atoms with Crippen molar-refractivity contribution in [2.45, 2.75) is 25.9 Å². The predicted molar refractivity (Wildman–Crippen MR) is 100 cm³/mol. The second kappa shape index (κ2) is 7.28. The van der Waals surface area contributed by atoms with E-state index in [4.69, 9.17) is 0 Å². The van der Waals surface area contributed by atoms with Gasteiger partial charge in [-0.2, -0.15) is 5.10 Å². The van der Waals surface area contributed by atoms with Gasteiger partial charge in [-0.05, 0) is 48.6 Å². The van der Waals surface area contributed by atoms with Crippen LogP contribution in [0.1, 0.15) is 23.2 Å². The summed E-state index contributed by atoms with van der Waals surface area (Å²) in [7, 11) is 2.04. The van der Waals surface area contributed by atoms with Crippen LogP contribution < -0.4 is 0 Å². The van der Waals surface area contributed by atoms with Crippen LogP contribution >= 0.6 is 0 Å². The van der Waals surface area contributed by atoms with Crippen molar-refractivity contribution in [2.75, 3.05) is 13.1 Å². The van der Waals surface area contributed by atoms with Gasteiger partial charge in [-0.1, -0.05) is 30.3 Å². The van der Waals surface area contributed by atoms with Crippen molar-refractivity contribution in [1.29, 1.82) is 0 Å². The lowest BCUT2D eigenvalue weighted by Crippen LogP contribution is -2.20. The van der Waals surface area contributed by atoms with Gasteiger partial charge in [-0.15, -0.1) is 0 Å². The van der Waals surface area contributed by atoms with Crippen LogP contribution in [0.3, 0.4) is 0 Å². The van der Waals surface area contributed by atoms with Crippen LogP contribution in [0.4, 0.5) is 0 Å². The molecule has 1 fully saturated rings. The van der Waals surface area contributed by atoms with Crippen LogP contribution in [0.15, 0.2) is 61.1 Å². The number of nitrogens with zero attached hydrogens (tertiary/aromatic N) is 4. The summed E-state index contributed by atoms with van der Waals surface area (Å²) in [4.78, 5) is 2.59. The summed E-state index contributed by atoms with van der Waals surface area (Å²) in [5.41, 5.74) is 4.11. The molecule has 25 heavy (non-hydrogen) atoms. The van der Waals surface area contributed by atoms with E-state index in [1.807, 2.05) is 17.9 Å². The van der Waals surface area contributed by atoms with Gasteiger partial charge in [-0.3, -0.25) is 9.58 Å². The van der Waals surface area contributed by atoms with Crippen LogP contribution in [-0.2, 0) is 26.6 Å². The molecule has 0 amide bonds. The highest BCUT2D eigenvalue weighted by molar-refractivity contribution is 5.17. The molecule has 4 heteroatoms. The monoisotopic (exact) mass is 334 g/mol. The zero-order chi connectivity index (χ0) is 17.1. The van der Waals surface area contributed by atoms with Crippen LogP contribution in [0.5, 0.6) is 0 Å². The van der Waals surface area contributed by atoms with Gasteiger partial charge in [0.15, 0.2) is 0 Å². The summed E-state index contributed by atoms with van der Waals surface area (Å²) >= 11 is 0. The molecular weight excluding hydrogens is 308 g/mol. The Hall–Kier alpha value is -2.33. The third kappa shape index (κ3) is 4.02. The molecule has 3 aromatic rings. The molecular formula is C21H26N4. The van der Waals surface area contributed by atoms with Crippen molar-refractivity contribution in [3.8, 4) is 0 Å². The molecule has 130 valence electrons. The van der Waals surface area contributed by atoms with Crippen molar-refractivity contribution in [1.82, 2.24) is 19.2 Å². The normalized spacial score (nSPS) is 18.0. The van der Waals surface area contributed by atoms with Crippen LogP contribution in [0.25, 0.3) is 0 Å². The molecule has 0 aliphatic carbocycles. The predicted octanol–water partition coefficient (Wildman–Crippen LogP) is 3.33. The average molecular weight is 334 g/mol. The van der Waals surface area contributed by atoms with Gasteiger partial charge in [0.2, 0.25) is 0 Å². The van der Waals surface area contributed by atoms with Gasteiger partial charge in [0.1, 0.15) is 0 Å². The molecule has 0 radical (unpaired) electrons. The second-order valence-corrected chi connectivity index (χ2v) is 7.22. The number of aryl methyl sites for hydroxylation is 1. The number of hydrogen-bond donors (Lipinski definition) is 0. The van der Waals surface area contributed by atoms with Crippen LogP contribution in [0.2, 0.25) is 0 Å². The Morgan fingerprint density at radius 2 is 1.92 bits per heavy atom. The number of likely N-dealkylation sites (tertiary alicyclic amines) is 1. The quantitative estimate of drug-likeness (QED) is 0.691. The standard InChI is InChI=1S/C21H26N4/c1-23-21(7-10-22-23)13-19-8-11-25(15-19)17-20-9-12-24(16-20)14-18-5-3-2-4-6-18/h2-7,9-10,12,16,19H,8,11,13-15,17H2,1H3. The topological polar surface area (TPSA) is 26.0 Å². The van der Waals surface area contributed by atoms with E-state index < -0.39 is 0 Å². The Balaban J connectivity index is 1.30. The Morgan fingerprint density at radius 1 is 1.04 bits per heavy atom. The second-order valence-electron chi connectivity index (χ2n) is 7.22. The van der Waals surface area contributed by atoms with E-state index in [0.29, 0.717) is 0 Å². The number of benzene rings is 1. The van der Waals surface area contributed by atoms with Crippen molar-refractivity contribution >= 4 is 0 Å². The zero-order valence-electron chi connectivity index (χ0n) is 14.9. The molecule has 4 rings (SSSR count). The summed E-state index contributed by atoms with van der Waals surface area (Å²) in [5, 5.41) is 4.28. The fourth-order valence-electron chi connectivity index (χ4n) is 3.86. The Labute approximate surface area is 149 Å². The molecule has 1 atom stereocenters. The molecule has 0 spiro atoms. The maximum Gasteiger partial charge on any atom is 0.0492 e. The van der Waals surface area contributed by atoms with Gasteiger partial charge in [0.05, 0.1) is 0 Å². The summed E-state index contributed by atoms with van der Waals surface area (Å²) in [6.07, 6.45) is 8.82. The van der Waals surface area contributed by atoms with E-state index in [9.17, 15) is 0 Å². The first-order valence-corrected chi connectivity index (χ1v) is 9.14. The molecule has 1 aliphatic rings. The van der Waals surface area contributed by atoms with E-state index in [1.54, 1.807) is 0 Å².